The lowest BCUT2D eigenvalue weighted by molar-refractivity contribution is 0.556. The number of benzene rings is 2. The third-order valence-electron chi connectivity index (χ3n) is 3.08. The molecule has 1 nitrogen and oxygen atoms in total. The summed E-state index contributed by atoms with van der Waals surface area (Å²) in [7, 11) is 0. The van der Waals surface area contributed by atoms with E-state index in [4.69, 9.17) is 17.3 Å². The van der Waals surface area contributed by atoms with Crippen LogP contribution in [0.15, 0.2) is 36.4 Å². The molecule has 2 aromatic carbocycles. The van der Waals surface area contributed by atoms with Gasteiger partial charge in [-0.3, -0.25) is 0 Å². The number of hydrogen-bond donors (Lipinski definition) is 1. The molecule has 0 amide bonds. The topological polar surface area (TPSA) is 26.0 Å². The Morgan fingerprint density at radius 1 is 1.16 bits per heavy atom. The van der Waals surface area contributed by atoms with Gasteiger partial charge in [0.05, 0.1) is 0 Å². The second-order valence-corrected chi connectivity index (χ2v) is 4.93. The van der Waals surface area contributed by atoms with E-state index < -0.39 is 17.7 Å². The van der Waals surface area contributed by atoms with Crippen LogP contribution in [0.2, 0.25) is 5.02 Å². The van der Waals surface area contributed by atoms with E-state index in [1.54, 1.807) is 6.07 Å². The van der Waals surface area contributed by atoms with E-state index in [1.165, 1.54) is 6.92 Å². The number of halogens is 3. The molecule has 1 atom stereocenters. The van der Waals surface area contributed by atoms with Crippen LogP contribution in [-0.2, 0) is 6.42 Å². The fourth-order valence-electron chi connectivity index (χ4n) is 1.96. The Morgan fingerprint density at radius 3 is 2.53 bits per heavy atom. The molecule has 0 heterocycles. The van der Waals surface area contributed by atoms with Gasteiger partial charge in [-0.1, -0.05) is 29.8 Å². The van der Waals surface area contributed by atoms with Crippen LogP contribution in [0.3, 0.4) is 0 Å². The maximum atomic E-state index is 13.8. The van der Waals surface area contributed by atoms with Crippen molar-refractivity contribution in [3.8, 4) is 0 Å². The van der Waals surface area contributed by atoms with E-state index in [1.807, 2.05) is 18.2 Å². The highest BCUT2D eigenvalue weighted by Crippen LogP contribution is 2.25. The normalized spacial score (nSPS) is 12.5. The van der Waals surface area contributed by atoms with Crippen LogP contribution in [0.4, 0.5) is 8.78 Å². The second-order valence-electron chi connectivity index (χ2n) is 4.52. The van der Waals surface area contributed by atoms with Gasteiger partial charge >= 0.3 is 0 Å². The Labute approximate surface area is 116 Å². The van der Waals surface area contributed by atoms with Gasteiger partial charge in [-0.2, -0.15) is 0 Å². The van der Waals surface area contributed by atoms with Gasteiger partial charge < -0.3 is 5.73 Å². The number of nitrogens with two attached hydrogens (primary N) is 1. The highest BCUT2D eigenvalue weighted by atomic mass is 35.5. The first-order valence-electron chi connectivity index (χ1n) is 5.93. The molecule has 0 saturated carbocycles. The third kappa shape index (κ3) is 3.11. The van der Waals surface area contributed by atoms with E-state index in [2.05, 4.69) is 0 Å². The molecule has 2 rings (SSSR count). The second kappa shape index (κ2) is 5.68. The number of rotatable bonds is 3. The lowest BCUT2D eigenvalue weighted by atomic mass is 9.98. The quantitative estimate of drug-likeness (QED) is 0.898. The van der Waals surface area contributed by atoms with Crippen molar-refractivity contribution in [2.24, 2.45) is 5.73 Å². The smallest absolute Gasteiger partial charge is 0.128 e. The van der Waals surface area contributed by atoms with E-state index >= 15 is 0 Å². The molecule has 4 heteroatoms. The van der Waals surface area contributed by atoms with Crippen molar-refractivity contribution >= 4 is 11.6 Å². The Bertz CT molecular complexity index is 599. The summed E-state index contributed by atoms with van der Waals surface area (Å²) < 4.78 is 27.3. The molecule has 100 valence electrons. The zero-order valence-electron chi connectivity index (χ0n) is 10.5. The van der Waals surface area contributed by atoms with Crippen LogP contribution in [0.5, 0.6) is 0 Å². The summed E-state index contributed by atoms with van der Waals surface area (Å²) in [6.07, 6.45) is 0.360. The molecule has 0 aliphatic heterocycles. The first kappa shape index (κ1) is 14.0. The Balaban J connectivity index is 2.28. The van der Waals surface area contributed by atoms with Gasteiger partial charge in [0.1, 0.15) is 11.6 Å². The molecule has 0 radical (unpaired) electrons. The Kier molecular flexibility index (Phi) is 4.17. The SMILES string of the molecule is Cc1cc(F)c(C(N)Cc2ccccc2Cl)cc1F. The molecule has 0 aliphatic rings. The highest BCUT2D eigenvalue weighted by molar-refractivity contribution is 6.31. The predicted molar refractivity (Wildman–Crippen MR) is 73.2 cm³/mol. The van der Waals surface area contributed by atoms with Gasteiger partial charge in [0.25, 0.3) is 0 Å². The van der Waals surface area contributed by atoms with Crippen LogP contribution >= 0.6 is 11.6 Å². The van der Waals surface area contributed by atoms with Gasteiger partial charge in [0, 0.05) is 16.6 Å². The van der Waals surface area contributed by atoms with Gasteiger partial charge in [0.15, 0.2) is 0 Å². The summed E-state index contributed by atoms with van der Waals surface area (Å²) in [5.74, 6) is -0.940. The summed E-state index contributed by atoms with van der Waals surface area (Å²) in [6.45, 7) is 1.52. The third-order valence-corrected chi connectivity index (χ3v) is 3.44. The van der Waals surface area contributed by atoms with Gasteiger partial charge in [0.2, 0.25) is 0 Å². The zero-order valence-corrected chi connectivity index (χ0v) is 11.2. The molecule has 0 spiro atoms. The van der Waals surface area contributed by atoms with E-state index in [0.717, 1.165) is 17.7 Å². The average Bonchev–Trinajstić information content (AvgIpc) is 2.36. The number of hydrogen-bond acceptors (Lipinski definition) is 1. The summed E-state index contributed by atoms with van der Waals surface area (Å²) >= 11 is 6.03. The molecule has 0 saturated heterocycles. The highest BCUT2D eigenvalue weighted by Gasteiger charge is 2.15. The van der Waals surface area contributed by atoms with Crippen molar-refractivity contribution < 1.29 is 8.78 Å². The monoisotopic (exact) mass is 281 g/mol. The molecule has 0 aromatic heterocycles. The van der Waals surface area contributed by atoms with Crippen molar-refractivity contribution in [1.82, 2.24) is 0 Å². The molecule has 0 bridgehead atoms. The van der Waals surface area contributed by atoms with Crippen LogP contribution in [0.25, 0.3) is 0 Å². The van der Waals surface area contributed by atoms with Gasteiger partial charge in [-0.05, 0) is 42.7 Å². The Morgan fingerprint density at radius 2 is 1.84 bits per heavy atom. The Hall–Kier alpha value is -1.45. The van der Waals surface area contributed by atoms with Crippen LogP contribution in [0, 0.1) is 18.6 Å². The van der Waals surface area contributed by atoms with Crippen molar-refractivity contribution in [1.29, 1.82) is 0 Å². The molecule has 0 fully saturated rings. The molecular formula is C15H14ClF2N. The molecular weight excluding hydrogens is 268 g/mol. The van der Waals surface area contributed by atoms with E-state index in [0.29, 0.717) is 11.4 Å². The zero-order chi connectivity index (χ0) is 14.0. The lowest BCUT2D eigenvalue weighted by Gasteiger charge is -2.15. The first-order valence-corrected chi connectivity index (χ1v) is 6.31. The summed E-state index contributed by atoms with van der Waals surface area (Å²) in [6, 6.07) is 8.91. The minimum Gasteiger partial charge on any atom is -0.324 e. The van der Waals surface area contributed by atoms with Gasteiger partial charge in [-0.15, -0.1) is 0 Å². The van der Waals surface area contributed by atoms with Crippen LogP contribution in [-0.4, -0.2) is 0 Å². The maximum absolute atomic E-state index is 13.8. The summed E-state index contributed by atoms with van der Waals surface area (Å²) in [4.78, 5) is 0. The largest absolute Gasteiger partial charge is 0.324 e. The molecule has 2 N–H and O–H groups in total. The standard InChI is InChI=1S/C15H14ClF2N/c1-9-6-14(18)11(8-13(9)17)15(19)7-10-4-2-3-5-12(10)16/h2-6,8,15H,7,19H2,1H3. The lowest BCUT2D eigenvalue weighted by Crippen LogP contribution is -2.16. The molecule has 19 heavy (non-hydrogen) atoms. The maximum Gasteiger partial charge on any atom is 0.128 e. The molecule has 2 aromatic rings. The molecule has 0 aliphatic carbocycles. The fourth-order valence-corrected chi connectivity index (χ4v) is 2.17. The van der Waals surface area contributed by atoms with Gasteiger partial charge in [-0.25, -0.2) is 8.78 Å². The summed E-state index contributed by atoms with van der Waals surface area (Å²) in [5, 5.41) is 0.575. The van der Waals surface area contributed by atoms with Crippen LogP contribution in [0.1, 0.15) is 22.7 Å². The van der Waals surface area contributed by atoms with E-state index in [9.17, 15) is 8.78 Å². The van der Waals surface area contributed by atoms with Crippen LogP contribution < -0.4 is 5.73 Å². The average molecular weight is 282 g/mol. The van der Waals surface area contributed by atoms with Crippen molar-refractivity contribution in [3.63, 3.8) is 0 Å². The minimum atomic E-state index is -0.630. The van der Waals surface area contributed by atoms with Crippen molar-refractivity contribution in [2.45, 2.75) is 19.4 Å². The fraction of sp³-hybridized carbons (Fsp3) is 0.200. The van der Waals surface area contributed by atoms with Crippen molar-refractivity contribution in [2.75, 3.05) is 0 Å². The first-order chi connectivity index (χ1) is 8.99. The summed E-state index contributed by atoms with van der Waals surface area (Å²) in [5.41, 5.74) is 7.21. The van der Waals surface area contributed by atoms with Crippen molar-refractivity contribution in [3.05, 3.63) is 69.7 Å². The number of aryl methyl sites for hydroxylation is 1. The molecule has 1 unspecified atom stereocenters. The minimum absolute atomic E-state index is 0.169. The predicted octanol–water partition coefficient (Wildman–Crippen LogP) is 4.17. The van der Waals surface area contributed by atoms with E-state index in [-0.39, 0.29) is 11.1 Å².